The molecule has 2 N–H and O–H groups in total. The number of carbonyl (C=O) groups is 3. The van der Waals surface area contributed by atoms with Crippen molar-refractivity contribution in [2.75, 3.05) is 19.6 Å². The fraction of sp³-hybridized carbons (Fsp3) is 0.300. The van der Waals surface area contributed by atoms with Crippen molar-refractivity contribution >= 4 is 45.3 Å². The molecular formula is C30H27N7O3. The second-order valence-corrected chi connectivity index (χ2v) is 10.8. The van der Waals surface area contributed by atoms with Crippen LogP contribution < -0.4 is 5.73 Å². The van der Waals surface area contributed by atoms with E-state index in [0.717, 1.165) is 29.3 Å². The van der Waals surface area contributed by atoms with Crippen molar-refractivity contribution in [3.05, 3.63) is 71.3 Å². The molecule has 10 nitrogen and oxygen atoms in total. The topological polar surface area (TPSA) is 130 Å². The zero-order chi connectivity index (χ0) is 27.5. The predicted octanol–water partition coefficient (Wildman–Crippen LogP) is 2.97. The molecule has 3 aliphatic rings. The second-order valence-electron chi connectivity index (χ2n) is 10.8. The summed E-state index contributed by atoms with van der Waals surface area (Å²) in [6.45, 7) is 2.62. The quantitative estimate of drug-likeness (QED) is 0.395. The summed E-state index contributed by atoms with van der Waals surface area (Å²) in [4.78, 5) is 48.2. The van der Waals surface area contributed by atoms with Crippen molar-refractivity contribution in [3.8, 4) is 6.07 Å². The minimum Gasteiger partial charge on any atom is -0.345 e. The van der Waals surface area contributed by atoms with Crippen molar-refractivity contribution in [1.29, 1.82) is 5.26 Å². The standard InChI is InChI=1S/C30H27N7O3/c31-14-18-11-19-16-36(30(40)34-7-4-20(32)5-8-34)10-9-35-17-22(21(12-18)29(19)35)27-24(38)13-25(39)28(27)23-15-33-26-3-1-2-6-37(23)26/h1-3,6,11-12,15,17,20H,4-5,7-10,13,16,32H2. The molecule has 3 aromatic heterocycles. The number of rotatable bonds is 2. The van der Waals surface area contributed by atoms with E-state index in [0.29, 0.717) is 66.3 Å². The number of nitrogens with two attached hydrogens (primary N) is 1. The van der Waals surface area contributed by atoms with Crippen LogP contribution in [0.3, 0.4) is 0 Å². The van der Waals surface area contributed by atoms with Gasteiger partial charge in [0.05, 0.1) is 41.0 Å². The van der Waals surface area contributed by atoms with E-state index in [1.54, 1.807) is 12.3 Å². The molecule has 200 valence electrons. The zero-order valence-corrected chi connectivity index (χ0v) is 21.8. The Morgan fingerprint density at radius 3 is 2.62 bits per heavy atom. The number of hydrogen-bond acceptors (Lipinski definition) is 6. The van der Waals surface area contributed by atoms with Crippen molar-refractivity contribution in [1.82, 2.24) is 23.8 Å². The normalized spacial score (nSPS) is 18.2. The first-order chi connectivity index (χ1) is 19.4. The molecule has 0 spiro atoms. The number of nitriles is 1. The van der Waals surface area contributed by atoms with Crippen LogP contribution in [-0.4, -0.2) is 67.0 Å². The van der Waals surface area contributed by atoms with Crippen LogP contribution in [0.2, 0.25) is 0 Å². The maximum absolute atomic E-state index is 13.4. The van der Waals surface area contributed by atoms with Gasteiger partial charge in [-0.3, -0.25) is 14.0 Å². The molecule has 0 bridgehead atoms. The highest BCUT2D eigenvalue weighted by atomic mass is 16.2. The number of Topliss-reactive ketones (excluding diaryl/α,β-unsaturated/α-hetero) is 2. The van der Waals surface area contributed by atoms with Gasteiger partial charge < -0.3 is 20.1 Å². The number of fused-ring (bicyclic) bond motifs is 1. The number of likely N-dealkylation sites (tertiary alicyclic amines) is 1. The Balaban J connectivity index is 1.36. The summed E-state index contributed by atoms with van der Waals surface area (Å²) >= 11 is 0. The minimum atomic E-state index is -0.244. The molecule has 5 heterocycles. The van der Waals surface area contributed by atoms with Crippen LogP contribution >= 0.6 is 0 Å². The molecule has 40 heavy (non-hydrogen) atoms. The van der Waals surface area contributed by atoms with E-state index in [4.69, 9.17) is 5.73 Å². The van der Waals surface area contributed by atoms with Gasteiger partial charge in [0.25, 0.3) is 0 Å². The van der Waals surface area contributed by atoms with Crippen molar-refractivity contribution < 1.29 is 14.4 Å². The maximum atomic E-state index is 13.4. The van der Waals surface area contributed by atoms with Crippen molar-refractivity contribution in [3.63, 3.8) is 0 Å². The number of pyridine rings is 1. The Bertz CT molecular complexity index is 1810. The molecular weight excluding hydrogens is 506 g/mol. The Labute approximate surface area is 229 Å². The molecule has 2 aliphatic heterocycles. The Morgan fingerprint density at radius 2 is 1.82 bits per heavy atom. The smallest absolute Gasteiger partial charge is 0.320 e. The summed E-state index contributed by atoms with van der Waals surface area (Å²) in [6, 6.07) is 11.5. The average molecular weight is 534 g/mol. The summed E-state index contributed by atoms with van der Waals surface area (Å²) in [5.41, 5.74) is 10.8. The first kappa shape index (κ1) is 24.3. The largest absolute Gasteiger partial charge is 0.345 e. The lowest BCUT2D eigenvalue weighted by Crippen LogP contribution is -2.49. The highest BCUT2D eigenvalue weighted by Gasteiger charge is 2.36. The molecule has 1 aliphatic carbocycles. The number of imidazole rings is 1. The van der Waals surface area contributed by atoms with Gasteiger partial charge in [-0.25, -0.2) is 9.78 Å². The van der Waals surface area contributed by atoms with Crippen LogP contribution in [0.25, 0.3) is 27.7 Å². The van der Waals surface area contributed by atoms with E-state index in [2.05, 4.69) is 15.6 Å². The van der Waals surface area contributed by atoms with E-state index in [9.17, 15) is 19.6 Å². The molecule has 0 saturated carbocycles. The third-order valence-electron chi connectivity index (χ3n) is 8.30. The molecule has 4 aromatic rings. The number of benzene rings is 1. The summed E-state index contributed by atoms with van der Waals surface area (Å²) in [5.74, 6) is -0.487. The molecule has 1 aromatic carbocycles. The van der Waals surface area contributed by atoms with E-state index >= 15 is 0 Å². The van der Waals surface area contributed by atoms with Crippen molar-refractivity contribution in [2.45, 2.75) is 38.4 Å². The minimum absolute atomic E-state index is 0.0254. The van der Waals surface area contributed by atoms with Gasteiger partial charge in [-0.05, 0) is 42.7 Å². The predicted molar refractivity (Wildman–Crippen MR) is 148 cm³/mol. The number of aromatic nitrogens is 3. The summed E-state index contributed by atoms with van der Waals surface area (Å²) in [5, 5.41) is 10.6. The molecule has 2 amide bonds. The lowest BCUT2D eigenvalue weighted by atomic mass is 9.96. The van der Waals surface area contributed by atoms with E-state index in [1.165, 1.54) is 0 Å². The van der Waals surface area contributed by atoms with Crippen molar-refractivity contribution in [2.24, 2.45) is 5.73 Å². The summed E-state index contributed by atoms with van der Waals surface area (Å²) in [7, 11) is 0. The maximum Gasteiger partial charge on any atom is 0.320 e. The van der Waals surface area contributed by atoms with Gasteiger partial charge in [0.15, 0.2) is 11.6 Å². The van der Waals surface area contributed by atoms with Crippen LogP contribution in [0.5, 0.6) is 0 Å². The lowest BCUT2D eigenvalue weighted by Gasteiger charge is -2.34. The lowest BCUT2D eigenvalue weighted by molar-refractivity contribution is -0.119. The summed E-state index contributed by atoms with van der Waals surface area (Å²) in [6.07, 6.45) is 6.73. The van der Waals surface area contributed by atoms with Crippen LogP contribution in [0.15, 0.2) is 48.9 Å². The molecule has 0 atom stereocenters. The van der Waals surface area contributed by atoms with Gasteiger partial charge in [-0.1, -0.05) is 6.07 Å². The third-order valence-corrected chi connectivity index (χ3v) is 8.30. The summed E-state index contributed by atoms with van der Waals surface area (Å²) < 4.78 is 3.87. The van der Waals surface area contributed by atoms with Crippen LogP contribution in [0.4, 0.5) is 4.79 Å². The van der Waals surface area contributed by atoms with E-state index in [-0.39, 0.29) is 30.1 Å². The van der Waals surface area contributed by atoms with Gasteiger partial charge in [-0.2, -0.15) is 5.26 Å². The fourth-order valence-corrected chi connectivity index (χ4v) is 6.33. The number of ketones is 2. The monoisotopic (exact) mass is 533 g/mol. The Hall–Kier alpha value is -4.75. The van der Waals surface area contributed by atoms with E-state index < -0.39 is 0 Å². The Morgan fingerprint density at radius 1 is 1.02 bits per heavy atom. The first-order valence-corrected chi connectivity index (χ1v) is 13.5. The molecule has 7 rings (SSSR count). The number of piperidine rings is 1. The van der Waals surface area contributed by atoms with Gasteiger partial charge in [0.2, 0.25) is 0 Å². The third kappa shape index (κ3) is 3.73. The number of allylic oxidation sites excluding steroid dienone is 2. The second kappa shape index (κ2) is 9.17. The van der Waals surface area contributed by atoms with Gasteiger partial charge in [0, 0.05) is 67.7 Å². The number of hydrogen-bond donors (Lipinski definition) is 1. The Kier molecular flexibility index (Phi) is 5.57. The first-order valence-electron chi connectivity index (χ1n) is 13.5. The highest BCUT2D eigenvalue weighted by molar-refractivity contribution is 6.51. The van der Waals surface area contributed by atoms with Gasteiger partial charge in [0.1, 0.15) is 5.65 Å². The number of carbonyl (C=O) groups excluding carboxylic acids is 3. The van der Waals surface area contributed by atoms with Gasteiger partial charge >= 0.3 is 6.03 Å². The molecule has 1 saturated heterocycles. The zero-order valence-electron chi connectivity index (χ0n) is 21.8. The molecule has 0 unspecified atom stereocenters. The molecule has 0 radical (unpaired) electrons. The van der Waals surface area contributed by atoms with E-state index in [1.807, 2.05) is 50.9 Å². The number of nitrogens with zero attached hydrogens (tertiary/aromatic N) is 6. The number of amides is 2. The fourth-order valence-electron chi connectivity index (χ4n) is 6.33. The SMILES string of the molecule is N#Cc1cc2c3c(c1)c(C1=C(c4cnc5ccccn45)C(=O)CC1=O)cn3CCN(C(=O)N1CCC(N)CC1)C2. The van der Waals surface area contributed by atoms with Gasteiger partial charge in [-0.15, -0.1) is 0 Å². The van der Waals surface area contributed by atoms with Crippen LogP contribution in [0, 0.1) is 11.3 Å². The van der Waals surface area contributed by atoms with Crippen LogP contribution in [0.1, 0.15) is 41.6 Å². The molecule has 1 fully saturated rings. The highest BCUT2D eigenvalue weighted by Crippen LogP contribution is 2.41. The number of urea groups is 1. The van der Waals surface area contributed by atoms with Crippen LogP contribution in [-0.2, 0) is 22.7 Å². The average Bonchev–Trinajstić information content (AvgIpc) is 3.58. The molecule has 10 heteroatoms.